The van der Waals surface area contributed by atoms with E-state index in [-0.39, 0.29) is 0 Å². The van der Waals surface area contributed by atoms with Crippen LogP contribution in [0.3, 0.4) is 0 Å². The Kier molecular flexibility index (Phi) is 3.53. The standard InChI is InChI=1S/C10H21NO/c1-9(2)7-11-10(8-12-3)5-4-6-10/h9,11H,4-8H2,1-3H3. The molecule has 1 N–H and O–H groups in total. The van der Waals surface area contributed by atoms with Crippen LogP contribution in [0.1, 0.15) is 33.1 Å². The van der Waals surface area contributed by atoms with Gasteiger partial charge < -0.3 is 10.1 Å². The molecule has 0 aromatic carbocycles. The van der Waals surface area contributed by atoms with Crippen molar-refractivity contribution in [3.63, 3.8) is 0 Å². The van der Waals surface area contributed by atoms with E-state index in [2.05, 4.69) is 19.2 Å². The lowest BCUT2D eigenvalue weighted by Crippen LogP contribution is -2.55. The van der Waals surface area contributed by atoms with Crippen LogP contribution in [0.15, 0.2) is 0 Å². The third kappa shape index (κ3) is 2.46. The largest absolute Gasteiger partial charge is 0.383 e. The van der Waals surface area contributed by atoms with Gasteiger partial charge in [0.15, 0.2) is 0 Å². The molecule has 1 fully saturated rings. The molecule has 0 amide bonds. The summed E-state index contributed by atoms with van der Waals surface area (Å²) in [7, 11) is 1.79. The Labute approximate surface area is 75.7 Å². The Morgan fingerprint density at radius 2 is 2.08 bits per heavy atom. The molecule has 0 unspecified atom stereocenters. The van der Waals surface area contributed by atoms with Gasteiger partial charge in [-0.3, -0.25) is 0 Å². The molecule has 1 aliphatic rings. The normalized spacial score (nSPS) is 21.0. The fourth-order valence-corrected chi connectivity index (χ4v) is 1.67. The summed E-state index contributed by atoms with van der Waals surface area (Å²) in [5.41, 5.74) is 0.332. The Hall–Kier alpha value is -0.0800. The van der Waals surface area contributed by atoms with Crippen molar-refractivity contribution in [1.82, 2.24) is 5.32 Å². The highest BCUT2D eigenvalue weighted by Crippen LogP contribution is 2.31. The fourth-order valence-electron chi connectivity index (χ4n) is 1.67. The van der Waals surface area contributed by atoms with Gasteiger partial charge >= 0.3 is 0 Å². The lowest BCUT2D eigenvalue weighted by Gasteiger charge is -2.42. The average Bonchev–Trinajstić information content (AvgIpc) is 1.94. The van der Waals surface area contributed by atoms with E-state index in [1.54, 1.807) is 7.11 Å². The SMILES string of the molecule is COCC1(NCC(C)C)CCC1. The van der Waals surface area contributed by atoms with Gasteiger partial charge in [-0.2, -0.15) is 0 Å². The van der Waals surface area contributed by atoms with Gasteiger partial charge in [-0.1, -0.05) is 13.8 Å². The first-order valence-corrected chi connectivity index (χ1v) is 4.92. The maximum absolute atomic E-state index is 5.22. The summed E-state index contributed by atoms with van der Waals surface area (Å²) in [5.74, 6) is 0.735. The second-order valence-corrected chi connectivity index (χ2v) is 4.34. The molecule has 0 aromatic rings. The molecule has 0 aromatic heterocycles. The molecule has 0 saturated heterocycles. The van der Waals surface area contributed by atoms with E-state index in [4.69, 9.17) is 4.74 Å². The summed E-state index contributed by atoms with van der Waals surface area (Å²) < 4.78 is 5.22. The first kappa shape index (κ1) is 10.0. The third-order valence-corrected chi connectivity index (χ3v) is 2.62. The van der Waals surface area contributed by atoms with Crippen LogP contribution in [0, 0.1) is 5.92 Å². The molecule has 0 radical (unpaired) electrons. The molecule has 2 heteroatoms. The summed E-state index contributed by atoms with van der Waals surface area (Å²) in [4.78, 5) is 0. The van der Waals surface area contributed by atoms with Crippen molar-refractivity contribution >= 4 is 0 Å². The van der Waals surface area contributed by atoms with E-state index in [0.29, 0.717) is 5.54 Å². The molecule has 1 aliphatic carbocycles. The molecule has 0 atom stereocenters. The molecular weight excluding hydrogens is 150 g/mol. The molecule has 0 spiro atoms. The summed E-state index contributed by atoms with van der Waals surface area (Å²) >= 11 is 0. The van der Waals surface area contributed by atoms with E-state index in [1.165, 1.54) is 19.3 Å². The van der Waals surface area contributed by atoms with Gasteiger partial charge in [-0.25, -0.2) is 0 Å². The van der Waals surface area contributed by atoms with Crippen molar-refractivity contribution in [2.45, 2.75) is 38.6 Å². The number of ether oxygens (including phenoxy) is 1. The number of methoxy groups -OCH3 is 1. The molecule has 0 bridgehead atoms. The van der Waals surface area contributed by atoms with Crippen LogP contribution in [0.2, 0.25) is 0 Å². The maximum atomic E-state index is 5.22. The molecule has 0 heterocycles. The lowest BCUT2D eigenvalue weighted by atomic mass is 9.77. The molecular formula is C10H21NO. The molecule has 12 heavy (non-hydrogen) atoms. The summed E-state index contributed by atoms with van der Waals surface area (Å²) in [6.07, 6.45) is 3.93. The first-order chi connectivity index (χ1) is 5.68. The zero-order valence-electron chi connectivity index (χ0n) is 8.52. The van der Waals surface area contributed by atoms with Crippen LogP contribution in [-0.4, -0.2) is 25.8 Å². The zero-order chi connectivity index (χ0) is 9.03. The van der Waals surface area contributed by atoms with Crippen molar-refractivity contribution in [2.75, 3.05) is 20.3 Å². The van der Waals surface area contributed by atoms with Crippen molar-refractivity contribution < 1.29 is 4.74 Å². The Morgan fingerprint density at radius 3 is 2.42 bits per heavy atom. The summed E-state index contributed by atoms with van der Waals surface area (Å²) in [6.45, 7) is 6.47. The number of rotatable bonds is 5. The first-order valence-electron chi connectivity index (χ1n) is 4.92. The van der Waals surface area contributed by atoms with E-state index in [0.717, 1.165) is 19.1 Å². The van der Waals surface area contributed by atoms with E-state index >= 15 is 0 Å². The molecule has 2 nitrogen and oxygen atoms in total. The van der Waals surface area contributed by atoms with Crippen LogP contribution < -0.4 is 5.32 Å². The van der Waals surface area contributed by atoms with Gasteiger partial charge in [0.05, 0.1) is 6.61 Å². The summed E-state index contributed by atoms with van der Waals surface area (Å²) in [5, 5.41) is 3.61. The number of nitrogens with one attached hydrogen (secondary N) is 1. The molecule has 1 saturated carbocycles. The minimum absolute atomic E-state index is 0.332. The second kappa shape index (κ2) is 4.24. The number of hydrogen-bond donors (Lipinski definition) is 1. The van der Waals surface area contributed by atoms with Crippen LogP contribution >= 0.6 is 0 Å². The van der Waals surface area contributed by atoms with Gasteiger partial charge in [0, 0.05) is 12.6 Å². The van der Waals surface area contributed by atoms with Crippen molar-refractivity contribution in [1.29, 1.82) is 0 Å². The second-order valence-electron chi connectivity index (χ2n) is 4.34. The Bertz CT molecular complexity index is 130. The highest BCUT2D eigenvalue weighted by atomic mass is 16.5. The summed E-state index contributed by atoms with van der Waals surface area (Å²) in [6, 6.07) is 0. The predicted molar refractivity (Wildman–Crippen MR) is 51.3 cm³/mol. The van der Waals surface area contributed by atoms with Gasteiger partial charge in [-0.15, -0.1) is 0 Å². The zero-order valence-corrected chi connectivity index (χ0v) is 8.52. The monoisotopic (exact) mass is 171 g/mol. The predicted octanol–water partition coefficient (Wildman–Crippen LogP) is 1.80. The topological polar surface area (TPSA) is 21.3 Å². The van der Waals surface area contributed by atoms with Crippen molar-refractivity contribution in [2.24, 2.45) is 5.92 Å². The number of hydrogen-bond acceptors (Lipinski definition) is 2. The fraction of sp³-hybridized carbons (Fsp3) is 1.00. The van der Waals surface area contributed by atoms with Crippen LogP contribution in [0.25, 0.3) is 0 Å². The van der Waals surface area contributed by atoms with Crippen molar-refractivity contribution in [3.8, 4) is 0 Å². The van der Waals surface area contributed by atoms with Gasteiger partial charge in [-0.05, 0) is 31.7 Å². The quantitative estimate of drug-likeness (QED) is 0.681. The third-order valence-electron chi connectivity index (χ3n) is 2.62. The van der Waals surface area contributed by atoms with Crippen LogP contribution in [-0.2, 0) is 4.74 Å². The van der Waals surface area contributed by atoms with E-state index in [9.17, 15) is 0 Å². The maximum Gasteiger partial charge on any atom is 0.0644 e. The van der Waals surface area contributed by atoms with E-state index < -0.39 is 0 Å². The molecule has 1 rings (SSSR count). The Morgan fingerprint density at radius 1 is 1.42 bits per heavy atom. The minimum atomic E-state index is 0.332. The molecule has 72 valence electrons. The van der Waals surface area contributed by atoms with E-state index in [1.807, 2.05) is 0 Å². The van der Waals surface area contributed by atoms with Gasteiger partial charge in [0.25, 0.3) is 0 Å². The van der Waals surface area contributed by atoms with Crippen molar-refractivity contribution in [3.05, 3.63) is 0 Å². The Balaban J connectivity index is 2.24. The van der Waals surface area contributed by atoms with Crippen LogP contribution in [0.4, 0.5) is 0 Å². The van der Waals surface area contributed by atoms with Crippen LogP contribution in [0.5, 0.6) is 0 Å². The molecule has 0 aliphatic heterocycles. The highest BCUT2D eigenvalue weighted by Gasteiger charge is 2.36. The minimum Gasteiger partial charge on any atom is -0.383 e. The van der Waals surface area contributed by atoms with Gasteiger partial charge in [0.2, 0.25) is 0 Å². The smallest absolute Gasteiger partial charge is 0.0644 e. The highest BCUT2D eigenvalue weighted by molar-refractivity contribution is 4.95. The lowest BCUT2D eigenvalue weighted by molar-refractivity contribution is 0.0542. The average molecular weight is 171 g/mol. The van der Waals surface area contributed by atoms with Gasteiger partial charge in [0.1, 0.15) is 0 Å².